The minimum absolute atomic E-state index is 0.0474. The maximum Gasteiger partial charge on any atom is 0.416 e. The molecule has 0 spiro atoms. The van der Waals surface area contributed by atoms with E-state index in [2.05, 4.69) is 25.9 Å². The second-order valence-electron chi connectivity index (χ2n) is 4.88. The molecule has 2 N–H and O–H groups in total. The van der Waals surface area contributed by atoms with E-state index in [0.717, 1.165) is 27.5 Å². The molecule has 0 aliphatic rings. The van der Waals surface area contributed by atoms with Gasteiger partial charge >= 0.3 is 6.18 Å². The van der Waals surface area contributed by atoms with Crippen molar-refractivity contribution in [2.45, 2.75) is 6.18 Å². The Morgan fingerprint density at radius 3 is 2.43 bits per heavy atom. The Kier molecular flexibility index (Phi) is 3.89. The van der Waals surface area contributed by atoms with Gasteiger partial charge in [-0.05, 0) is 42.5 Å². The number of alkyl halides is 3. The molecule has 0 radical (unpaired) electrons. The Labute approximate surface area is 137 Å². The molecule has 7 heteroatoms. The average Bonchev–Trinajstić information content (AvgIpc) is 2.79. The van der Waals surface area contributed by atoms with Crippen LogP contribution >= 0.6 is 15.9 Å². The van der Waals surface area contributed by atoms with Crippen molar-refractivity contribution >= 4 is 38.7 Å². The van der Waals surface area contributed by atoms with Crippen molar-refractivity contribution < 1.29 is 18.3 Å². The van der Waals surface area contributed by atoms with Gasteiger partial charge < -0.3 is 10.1 Å². The van der Waals surface area contributed by atoms with Crippen molar-refractivity contribution in [3.8, 4) is 5.88 Å². The standard InChI is InChI=1S/C16H10BrF3N2O/c17-10-3-6-14-12(7-10)13(15(23)22-14)8-21-11-4-1-9(2-5-11)16(18,19)20/h1-8,22-23H. The molecule has 3 nitrogen and oxygen atoms in total. The highest BCUT2D eigenvalue weighted by molar-refractivity contribution is 9.10. The molecule has 0 fully saturated rings. The number of nitrogens with zero attached hydrogens (tertiary/aromatic N) is 1. The van der Waals surface area contributed by atoms with E-state index < -0.39 is 11.7 Å². The molecule has 0 amide bonds. The van der Waals surface area contributed by atoms with Gasteiger partial charge in [-0.2, -0.15) is 13.2 Å². The highest BCUT2D eigenvalue weighted by Gasteiger charge is 2.29. The summed E-state index contributed by atoms with van der Waals surface area (Å²) in [6.07, 6.45) is -2.95. The van der Waals surface area contributed by atoms with Crippen molar-refractivity contribution in [3.63, 3.8) is 0 Å². The van der Waals surface area contributed by atoms with E-state index >= 15 is 0 Å². The molecule has 1 aromatic heterocycles. The summed E-state index contributed by atoms with van der Waals surface area (Å²) in [4.78, 5) is 6.94. The van der Waals surface area contributed by atoms with Crippen LogP contribution in [-0.4, -0.2) is 16.3 Å². The largest absolute Gasteiger partial charge is 0.494 e. The number of aromatic nitrogens is 1. The van der Waals surface area contributed by atoms with Crippen LogP contribution in [0.5, 0.6) is 5.88 Å². The van der Waals surface area contributed by atoms with Crippen LogP contribution in [0.2, 0.25) is 0 Å². The number of aromatic amines is 1. The second kappa shape index (κ2) is 5.73. The topological polar surface area (TPSA) is 48.4 Å². The fraction of sp³-hybridized carbons (Fsp3) is 0.0625. The Balaban J connectivity index is 1.94. The summed E-state index contributed by atoms with van der Waals surface area (Å²) in [6.45, 7) is 0. The van der Waals surface area contributed by atoms with E-state index in [0.29, 0.717) is 11.3 Å². The van der Waals surface area contributed by atoms with Crippen molar-refractivity contribution in [2.75, 3.05) is 0 Å². The SMILES string of the molecule is Oc1[nH]c2ccc(Br)cc2c1C=Nc1ccc(C(F)(F)F)cc1. The van der Waals surface area contributed by atoms with Gasteiger partial charge in [0.15, 0.2) is 5.88 Å². The monoisotopic (exact) mass is 382 g/mol. The first-order valence-electron chi connectivity index (χ1n) is 6.56. The van der Waals surface area contributed by atoms with Crippen LogP contribution in [0.3, 0.4) is 0 Å². The van der Waals surface area contributed by atoms with Gasteiger partial charge in [-0.25, -0.2) is 0 Å². The van der Waals surface area contributed by atoms with Crippen LogP contribution in [0, 0.1) is 0 Å². The lowest BCUT2D eigenvalue weighted by atomic mass is 10.2. The number of fused-ring (bicyclic) bond motifs is 1. The van der Waals surface area contributed by atoms with Gasteiger partial charge in [0.2, 0.25) is 0 Å². The Morgan fingerprint density at radius 2 is 1.78 bits per heavy atom. The third-order valence-electron chi connectivity index (χ3n) is 3.32. The van der Waals surface area contributed by atoms with Gasteiger partial charge in [-0.15, -0.1) is 0 Å². The number of nitrogens with one attached hydrogen (secondary N) is 1. The maximum atomic E-state index is 12.5. The molecule has 0 aliphatic heterocycles. The van der Waals surface area contributed by atoms with E-state index in [9.17, 15) is 18.3 Å². The summed E-state index contributed by atoms with van der Waals surface area (Å²) in [5, 5.41) is 10.7. The zero-order valence-corrected chi connectivity index (χ0v) is 13.1. The Bertz CT molecular complexity index is 883. The van der Waals surface area contributed by atoms with Gasteiger partial charge in [0.1, 0.15) is 0 Å². The average molecular weight is 383 g/mol. The van der Waals surface area contributed by atoms with Crippen LogP contribution in [-0.2, 0) is 6.18 Å². The van der Waals surface area contributed by atoms with Crippen molar-refractivity contribution in [3.05, 3.63) is 58.1 Å². The van der Waals surface area contributed by atoms with Crippen LogP contribution in [0.15, 0.2) is 51.9 Å². The lowest BCUT2D eigenvalue weighted by molar-refractivity contribution is -0.137. The molecule has 2 aromatic carbocycles. The predicted molar refractivity (Wildman–Crippen MR) is 86.4 cm³/mol. The summed E-state index contributed by atoms with van der Waals surface area (Å²) in [5.74, 6) is -0.0474. The smallest absolute Gasteiger partial charge is 0.416 e. The molecule has 3 aromatic rings. The molecule has 118 valence electrons. The van der Waals surface area contributed by atoms with Gasteiger partial charge in [0, 0.05) is 21.6 Å². The van der Waals surface area contributed by atoms with Crippen molar-refractivity contribution in [2.24, 2.45) is 4.99 Å². The first-order chi connectivity index (χ1) is 10.8. The number of hydrogen-bond donors (Lipinski definition) is 2. The fourth-order valence-corrected chi connectivity index (χ4v) is 2.54. The lowest BCUT2D eigenvalue weighted by Gasteiger charge is -2.05. The van der Waals surface area contributed by atoms with E-state index in [1.807, 2.05) is 12.1 Å². The molecular formula is C16H10BrF3N2O. The highest BCUT2D eigenvalue weighted by Crippen LogP contribution is 2.31. The number of hydrogen-bond acceptors (Lipinski definition) is 2. The molecule has 0 aliphatic carbocycles. The summed E-state index contributed by atoms with van der Waals surface area (Å²) in [7, 11) is 0. The number of halogens is 4. The van der Waals surface area contributed by atoms with E-state index in [1.54, 1.807) is 6.07 Å². The molecule has 3 rings (SSSR count). The highest BCUT2D eigenvalue weighted by atomic mass is 79.9. The molecule has 23 heavy (non-hydrogen) atoms. The molecular weight excluding hydrogens is 373 g/mol. The van der Waals surface area contributed by atoms with Gasteiger partial charge in [0.05, 0.1) is 16.8 Å². The number of rotatable bonds is 2. The molecule has 0 unspecified atom stereocenters. The van der Waals surface area contributed by atoms with Crippen LogP contribution < -0.4 is 0 Å². The molecule has 0 saturated carbocycles. The third-order valence-corrected chi connectivity index (χ3v) is 3.81. The van der Waals surface area contributed by atoms with Crippen LogP contribution in [0.4, 0.5) is 18.9 Å². The third kappa shape index (κ3) is 3.24. The molecule has 1 heterocycles. The Hall–Kier alpha value is -2.28. The van der Waals surface area contributed by atoms with Crippen molar-refractivity contribution in [1.82, 2.24) is 4.98 Å². The molecule has 0 saturated heterocycles. The predicted octanol–water partition coefficient (Wildman–Crippen LogP) is 5.41. The fourth-order valence-electron chi connectivity index (χ4n) is 2.18. The van der Waals surface area contributed by atoms with E-state index in [-0.39, 0.29) is 5.88 Å². The minimum atomic E-state index is -4.37. The molecule has 0 atom stereocenters. The van der Waals surface area contributed by atoms with Crippen molar-refractivity contribution in [1.29, 1.82) is 0 Å². The van der Waals surface area contributed by atoms with E-state index in [4.69, 9.17) is 0 Å². The summed E-state index contributed by atoms with van der Waals surface area (Å²) < 4.78 is 38.4. The molecule has 0 bridgehead atoms. The van der Waals surface area contributed by atoms with Gasteiger partial charge in [-0.3, -0.25) is 4.99 Å². The number of aromatic hydroxyl groups is 1. The normalized spacial score (nSPS) is 12.3. The second-order valence-corrected chi connectivity index (χ2v) is 5.80. The summed E-state index contributed by atoms with van der Waals surface area (Å²) in [5.41, 5.74) is 0.845. The first kappa shape index (κ1) is 15.6. The minimum Gasteiger partial charge on any atom is -0.494 e. The number of aliphatic imine (C=N–C) groups is 1. The zero-order chi connectivity index (χ0) is 16.6. The quantitative estimate of drug-likeness (QED) is 0.572. The van der Waals surface area contributed by atoms with Crippen LogP contribution in [0.25, 0.3) is 10.9 Å². The van der Waals surface area contributed by atoms with Crippen LogP contribution in [0.1, 0.15) is 11.1 Å². The van der Waals surface area contributed by atoms with Gasteiger partial charge in [0.25, 0.3) is 0 Å². The number of H-pyrrole nitrogens is 1. The number of benzene rings is 2. The van der Waals surface area contributed by atoms with Gasteiger partial charge in [-0.1, -0.05) is 15.9 Å². The zero-order valence-electron chi connectivity index (χ0n) is 11.5. The maximum absolute atomic E-state index is 12.5. The summed E-state index contributed by atoms with van der Waals surface area (Å²) >= 11 is 3.35. The lowest BCUT2D eigenvalue weighted by Crippen LogP contribution is -2.03. The summed E-state index contributed by atoms with van der Waals surface area (Å²) in [6, 6.07) is 9.95. The Morgan fingerprint density at radius 1 is 1.09 bits per heavy atom. The van der Waals surface area contributed by atoms with E-state index in [1.165, 1.54) is 18.3 Å². The first-order valence-corrected chi connectivity index (χ1v) is 7.35.